The number of rotatable bonds is 4. The van der Waals surface area contributed by atoms with E-state index in [0.29, 0.717) is 17.6 Å². The van der Waals surface area contributed by atoms with Crippen LogP contribution in [-0.2, 0) is 4.79 Å². The zero-order chi connectivity index (χ0) is 13.2. The number of Topliss-reactive ketones (excluding diaryl/α,β-unsaturated/α-hetero) is 1. The van der Waals surface area contributed by atoms with Gasteiger partial charge in [0.2, 0.25) is 0 Å². The predicted octanol–water partition coefficient (Wildman–Crippen LogP) is 4.99. The first-order valence-corrected chi connectivity index (χ1v) is 8.08. The van der Waals surface area contributed by atoms with E-state index in [-0.39, 0.29) is 5.41 Å². The molecule has 104 valence electrons. The quantitative estimate of drug-likeness (QED) is 0.687. The molecule has 0 saturated heterocycles. The van der Waals surface area contributed by atoms with Gasteiger partial charge >= 0.3 is 0 Å². The van der Waals surface area contributed by atoms with Gasteiger partial charge in [-0.2, -0.15) is 0 Å². The fourth-order valence-corrected chi connectivity index (χ4v) is 4.49. The van der Waals surface area contributed by atoms with Crippen LogP contribution in [0.3, 0.4) is 0 Å². The van der Waals surface area contributed by atoms with Crippen molar-refractivity contribution >= 4 is 5.78 Å². The minimum atomic E-state index is 0.0793. The monoisotopic (exact) mass is 250 g/mol. The number of ketones is 1. The molecule has 0 aromatic heterocycles. The molecule has 0 radical (unpaired) electrons. The summed E-state index contributed by atoms with van der Waals surface area (Å²) in [4.78, 5) is 13.0. The fourth-order valence-electron chi connectivity index (χ4n) is 4.49. The molecule has 0 heterocycles. The summed E-state index contributed by atoms with van der Waals surface area (Å²) in [6, 6.07) is 0. The average Bonchev–Trinajstić information content (AvgIpc) is 2.77. The summed E-state index contributed by atoms with van der Waals surface area (Å²) in [6.45, 7) is 6.87. The zero-order valence-corrected chi connectivity index (χ0v) is 12.5. The first kappa shape index (κ1) is 14.1. The maximum Gasteiger partial charge on any atom is 0.142 e. The van der Waals surface area contributed by atoms with Crippen molar-refractivity contribution in [1.82, 2.24) is 0 Å². The van der Waals surface area contributed by atoms with E-state index in [4.69, 9.17) is 0 Å². The van der Waals surface area contributed by atoms with Crippen LogP contribution in [0.15, 0.2) is 0 Å². The summed E-state index contributed by atoms with van der Waals surface area (Å²) in [7, 11) is 0. The first-order valence-electron chi connectivity index (χ1n) is 8.08. The maximum absolute atomic E-state index is 13.0. The normalized spacial score (nSPS) is 31.8. The summed E-state index contributed by atoms with van der Waals surface area (Å²) in [5, 5.41) is 0. The second-order valence-corrected chi connectivity index (χ2v) is 7.42. The van der Waals surface area contributed by atoms with Crippen molar-refractivity contribution in [3.05, 3.63) is 0 Å². The number of carbonyl (C=O) groups is 1. The van der Waals surface area contributed by atoms with Crippen LogP contribution in [0.2, 0.25) is 0 Å². The largest absolute Gasteiger partial charge is 0.299 e. The van der Waals surface area contributed by atoms with Crippen molar-refractivity contribution in [2.24, 2.45) is 23.2 Å². The molecule has 0 spiro atoms. The third-order valence-corrected chi connectivity index (χ3v) is 5.19. The van der Waals surface area contributed by atoms with E-state index in [1.165, 1.54) is 51.4 Å². The van der Waals surface area contributed by atoms with E-state index in [0.717, 1.165) is 12.3 Å². The van der Waals surface area contributed by atoms with Gasteiger partial charge in [0.1, 0.15) is 5.78 Å². The Labute approximate surface area is 113 Å². The van der Waals surface area contributed by atoms with Crippen molar-refractivity contribution in [3.63, 3.8) is 0 Å². The molecule has 2 aliphatic rings. The van der Waals surface area contributed by atoms with E-state index >= 15 is 0 Å². The lowest BCUT2D eigenvalue weighted by Crippen LogP contribution is -2.37. The SMILES string of the molecule is CC(C)CC1(C(=O)C2CCCC(C)C2)CCCC1. The molecule has 1 nitrogen and oxygen atoms in total. The van der Waals surface area contributed by atoms with Gasteiger partial charge in [-0.1, -0.05) is 46.5 Å². The Bertz CT molecular complexity index is 286. The smallest absolute Gasteiger partial charge is 0.142 e. The van der Waals surface area contributed by atoms with Gasteiger partial charge < -0.3 is 0 Å². The highest BCUT2D eigenvalue weighted by molar-refractivity contribution is 5.87. The van der Waals surface area contributed by atoms with E-state index in [1.807, 2.05) is 0 Å². The lowest BCUT2D eigenvalue weighted by atomic mass is 9.67. The van der Waals surface area contributed by atoms with Crippen LogP contribution in [0.25, 0.3) is 0 Å². The van der Waals surface area contributed by atoms with Gasteiger partial charge in [0.15, 0.2) is 0 Å². The highest BCUT2D eigenvalue weighted by Crippen LogP contribution is 2.47. The van der Waals surface area contributed by atoms with Crippen LogP contribution in [0.5, 0.6) is 0 Å². The fraction of sp³-hybridized carbons (Fsp3) is 0.941. The molecule has 0 bridgehead atoms. The van der Waals surface area contributed by atoms with E-state index in [9.17, 15) is 4.79 Å². The highest BCUT2D eigenvalue weighted by Gasteiger charge is 2.44. The molecule has 0 amide bonds. The van der Waals surface area contributed by atoms with Crippen LogP contribution >= 0.6 is 0 Å². The number of hydrogen-bond acceptors (Lipinski definition) is 1. The van der Waals surface area contributed by atoms with Gasteiger partial charge in [0.05, 0.1) is 0 Å². The second-order valence-electron chi connectivity index (χ2n) is 7.42. The van der Waals surface area contributed by atoms with Crippen LogP contribution in [0, 0.1) is 23.2 Å². The zero-order valence-electron chi connectivity index (χ0n) is 12.5. The van der Waals surface area contributed by atoms with E-state index < -0.39 is 0 Å². The van der Waals surface area contributed by atoms with Crippen LogP contribution < -0.4 is 0 Å². The Hall–Kier alpha value is -0.330. The second kappa shape index (κ2) is 5.75. The van der Waals surface area contributed by atoms with Gasteiger partial charge in [0, 0.05) is 11.3 Å². The Kier molecular flexibility index (Phi) is 4.50. The molecular weight excluding hydrogens is 220 g/mol. The Balaban J connectivity index is 2.08. The molecule has 0 N–H and O–H groups in total. The average molecular weight is 250 g/mol. The lowest BCUT2D eigenvalue weighted by Gasteiger charge is -2.36. The molecular formula is C17H30O. The molecule has 2 fully saturated rings. The van der Waals surface area contributed by atoms with Crippen molar-refractivity contribution in [1.29, 1.82) is 0 Å². The first-order chi connectivity index (χ1) is 8.53. The Morgan fingerprint density at radius 2 is 1.83 bits per heavy atom. The summed E-state index contributed by atoms with van der Waals surface area (Å²) < 4.78 is 0. The molecule has 2 unspecified atom stereocenters. The van der Waals surface area contributed by atoms with Crippen molar-refractivity contribution in [2.45, 2.75) is 78.6 Å². The third-order valence-electron chi connectivity index (χ3n) is 5.19. The summed E-state index contributed by atoms with van der Waals surface area (Å²) in [5.41, 5.74) is 0.0793. The molecule has 2 saturated carbocycles. The minimum Gasteiger partial charge on any atom is -0.299 e. The van der Waals surface area contributed by atoms with Crippen molar-refractivity contribution < 1.29 is 4.79 Å². The molecule has 2 rings (SSSR count). The summed E-state index contributed by atoms with van der Waals surface area (Å²) in [5.74, 6) is 2.48. The Morgan fingerprint density at radius 1 is 1.17 bits per heavy atom. The molecule has 0 aromatic carbocycles. The lowest BCUT2D eigenvalue weighted by molar-refractivity contribution is -0.135. The van der Waals surface area contributed by atoms with Crippen LogP contribution in [0.1, 0.15) is 78.6 Å². The molecule has 2 atom stereocenters. The molecule has 1 heteroatoms. The third kappa shape index (κ3) is 2.97. The molecule has 18 heavy (non-hydrogen) atoms. The minimum absolute atomic E-state index is 0.0793. The standard InChI is InChI=1S/C17H30O/c1-13(2)12-17(9-4-5-10-17)16(18)15-8-6-7-14(3)11-15/h13-15H,4-12H2,1-3H3. The highest BCUT2D eigenvalue weighted by atomic mass is 16.1. The number of hydrogen-bond donors (Lipinski definition) is 0. The maximum atomic E-state index is 13.0. The topological polar surface area (TPSA) is 17.1 Å². The van der Waals surface area contributed by atoms with Gasteiger partial charge in [-0.25, -0.2) is 0 Å². The van der Waals surface area contributed by atoms with E-state index in [2.05, 4.69) is 20.8 Å². The van der Waals surface area contributed by atoms with E-state index in [1.54, 1.807) is 0 Å². The summed E-state index contributed by atoms with van der Waals surface area (Å²) in [6.07, 6.45) is 11.0. The van der Waals surface area contributed by atoms with Gasteiger partial charge in [-0.3, -0.25) is 4.79 Å². The van der Waals surface area contributed by atoms with Gasteiger partial charge in [-0.15, -0.1) is 0 Å². The van der Waals surface area contributed by atoms with Gasteiger partial charge in [0.25, 0.3) is 0 Å². The Morgan fingerprint density at radius 3 is 2.39 bits per heavy atom. The molecule has 0 aromatic rings. The van der Waals surface area contributed by atoms with Crippen molar-refractivity contribution in [2.75, 3.05) is 0 Å². The number of carbonyl (C=O) groups excluding carboxylic acids is 1. The van der Waals surface area contributed by atoms with Crippen LogP contribution in [0.4, 0.5) is 0 Å². The van der Waals surface area contributed by atoms with Crippen LogP contribution in [-0.4, -0.2) is 5.78 Å². The predicted molar refractivity (Wildman–Crippen MR) is 76.5 cm³/mol. The summed E-state index contributed by atoms with van der Waals surface area (Å²) >= 11 is 0. The van der Waals surface area contributed by atoms with Crippen molar-refractivity contribution in [3.8, 4) is 0 Å². The molecule has 2 aliphatic carbocycles. The molecule has 0 aliphatic heterocycles. The van der Waals surface area contributed by atoms with Gasteiger partial charge in [-0.05, 0) is 43.9 Å².